The largest absolute Gasteiger partial charge is 0.491 e. The fourth-order valence-electron chi connectivity index (χ4n) is 2.31. The van der Waals surface area contributed by atoms with Crippen molar-refractivity contribution < 1.29 is 14.2 Å². The van der Waals surface area contributed by atoms with E-state index < -0.39 is 0 Å². The molecule has 2 rings (SSSR count). The molecule has 3 nitrogen and oxygen atoms in total. The van der Waals surface area contributed by atoms with Crippen LogP contribution in [0.3, 0.4) is 0 Å². The highest BCUT2D eigenvalue weighted by Gasteiger charge is 2.33. The van der Waals surface area contributed by atoms with Crippen molar-refractivity contribution in [3.05, 3.63) is 30.1 Å². The molecule has 1 saturated carbocycles. The van der Waals surface area contributed by atoms with Crippen LogP contribution >= 0.6 is 0 Å². The van der Waals surface area contributed by atoms with Crippen LogP contribution in [0.2, 0.25) is 0 Å². The molecule has 2 unspecified atom stereocenters. The first-order valence-corrected chi connectivity index (χ1v) is 6.81. The molecule has 0 spiro atoms. The number of aliphatic hydroxyl groups excluding tert-OH is 1. The fourth-order valence-corrected chi connectivity index (χ4v) is 2.31. The van der Waals surface area contributed by atoms with Crippen LogP contribution in [0.5, 0.6) is 5.75 Å². The van der Waals surface area contributed by atoms with Gasteiger partial charge in [0.2, 0.25) is 0 Å². The van der Waals surface area contributed by atoms with E-state index in [1.54, 1.807) is 12.1 Å². The van der Waals surface area contributed by atoms with Gasteiger partial charge in [0.1, 0.15) is 11.6 Å². The maximum atomic E-state index is 12.8. The van der Waals surface area contributed by atoms with Crippen LogP contribution in [0.1, 0.15) is 33.1 Å². The Labute approximate surface area is 113 Å². The van der Waals surface area contributed by atoms with E-state index >= 15 is 0 Å². The van der Waals surface area contributed by atoms with Crippen molar-refractivity contribution in [3.8, 4) is 5.75 Å². The van der Waals surface area contributed by atoms with Crippen LogP contribution < -0.4 is 10.1 Å². The number of hydrogen-bond acceptors (Lipinski definition) is 3. The van der Waals surface area contributed by atoms with E-state index in [1.165, 1.54) is 25.0 Å². The molecule has 1 aromatic rings. The predicted molar refractivity (Wildman–Crippen MR) is 72.8 cm³/mol. The lowest BCUT2D eigenvalue weighted by atomic mass is 9.95. The average Bonchev–Trinajstić information content (AvgIpc) is 3.15. The lowest BCUT2D eigenvalue weighted by Gasteiger charge is -2.32. The van der Waals surface area contributed by atoms with E-state index in [-0.39, 0.29) is 24.1 Å². The molecule has 0 heterocycles. The molecule has 1 aliphatic carbocycles. The van der Waals surface area contributed by atoms with Crippen LogP contribution in [0.4, 0.5) is 4.39 Å². The van der Waals surface area contributed by atoms with Crippen molar-refractivity contribution in [1.82, 2.24) is 5.32 Å². The highest BCUT2D eigenvalue weighted by molar-refractivity contribution is 5.22. The third-order valence-electron chi connectivity index (χ3n) is 3.37. The Morgan fingerprint density at radius 1 is 1.42 bits per heavy atom. The summed E-state index contributed by atoms with van der Waals surface area (Å²) in [5, 5.41) is 13.0. The SMILES string of the molecule is CC(CC(C)(CO)NC1CC1)Oc1ccc(F)cc1. The molecule has 2 atom stereocenters. The first-order chi connectivity index (χ1) is 9.00. The maximum Gasteiger partial charge on any atom is 0.123 e. The second-order valence-corrected chi connectivity index (χ2v) is 5.72. The molecule has 106 valence electrons. The topological polar surface area (TPSA) is 41.5 Å². The van der Waals surface area contributed by atoms with E-state index in [2.05, 4.69) is 5.32 Å². The van der Waals surface area contributed by atoms with Crippen LogP contribution in [-0.2, 0) is 0 Å². The van der Waals surface area contributed by atoms with Gasteiger partial charge in [0.05, 0.1) is 12.7 Å². The zero-order valence-corrected chi connectivity index (χ0v) is 11.5. The monoisotopic (exact) mass is 267 g/mol. The highest BCUT2D eigenvalue weighted by Crippen LogP contribution is 2.25. The van der Waals surface area contributed by atoms with Gasteiger partial charge in [-0.1, -0.05) is 0 Å². The molecule has 1 aromatic carbocycles. The first-order valence-electron chi connectivity index (χ1n) is 6.81. The molecule has 0 bridgehead atoms. The third kappa shape index (κ3) is 4.48. The molecule has 2 N–H and O–H groups in total. The molecule has 19 heavy (non-hydrogen) atoms. The Bertz CT molecular complexity index is 405. The maximum absolute atomic E-state index is 12.8. The molecule has 0 aromatic heterocycles. The van der Waals surface area contributed by atoms with Crippen LogP contribution in [0.25, 0.3) is 0 Å². The van der Waals surface area contributed by atoms with Crippen LogP contribution in [-0.4, -0.2) is 29.4 Å². The smallest absolute Gasteiger partial charge is 0.123 e. The summed E-state index contributed by atoms with van der Waals surface area (Å²) >= 11 is 0. The second-order valence-electron chi connectivity index (χ2n) is 5.72. The number of ether oxygens (including phenoxy) is 1. The molecular formula is C15H22FNO2. The Kier molecular flexibility index (Phi) is 4.42. The zero-order chi connectivity index (χ0) is 13.9. The fraction of sp³-hybridized carbons (Fsp3) is 0.600. The quantitative estimate of drug-likeness (QED) is 0.797. The lowest BCUT2D eigenvalue weighted by molar-refractivity contribution is 0.108. The van der Waals surface area contributed by atoms with E-state index in [9.17, 15) is 9.50 Å². The molecule has 0 saturated heterocycles. The van der Waals surface area contributed by atoms with Crippen LogP contribution in [0, 0.1) is 5.82 Å². The van der Waals surface area contributed by atoms with Gasteiger partial charge in [0.25, 0.3) is 0 Å². The van der Waals surface area contributed by atoms with Crippen LogP contribution in [0.15, 0.2) is 24.3 Å². The number of aliphatic hydroxyl groups is 1. The Balaban J connectivity index is 1.87. The minimum absolute atomic E-state index is 0.0474. The van der Waals surface area contributed by atoms with Gasteiger partial charge in [-0.2, -0.15) is 0 Å². The molecule has 1 aliphatic rings. The summed E-state index contributed by atoms with van der Waals surface area (Å²) in [5.74, 6) is 0.385. The van der Waals surface area contributed by atoms with Crippen molar-refractivity contribution in [2.75, 3.05) is 6.61 Å². The van der Waals surface area contributed by atoms with Crippen molar-refractivity contribution in [2.24, 2.45) is 0 Å². The van der Waals surface area contributed by atoms with E-state index in [0.717, 1.165) is 0 Å². The van der Waals surface area contributed by atoms with Crippen molar-refractivity contribution >= 4 is 0 Å². The number of halogens is 1. The summed E-state index contributed by atoms with van der Waals surface area (Å²) in [7, 11) is 0. The van der Waals surface area contributed by atoms with E-state index in [1.807, 2.05) is 13.8 Å². The number of rotatable bonds is 7. The second kappa shape index (κ2) is 5.88. The molecule has 1 fully saturated rings. The zero-order valence-electron chi connectivity index (χ0n) is 11.5. The third-order valence-corrected chi connectivity index (χ3v) is 3.37. The van der Waals surface area contributed by atoms with Crippen molar-refractivity contribution in [2.45, 2.75) is 50.8 Å². The van der Waals surface area contributed by atoms with Gasteiger partial charge in [-0.05, 0) is 51.0 Å². The minimum Gasteiger partial charge on any atom is -0.491 e. The van der Waals surface area contributed by atoms with Gasteiger partial charge in [0.15, 0.2) is 0 Å². The average molecular weight is 267 g/mol. The van der Waals surface area contributed by atoms with E-state index in [0.29, 0.717) is 18.2 Å². The normalized spacial score (nSPS) is 19.8. The van der Waals surface area contributed by atoms with Gasteiger partial charge in [0, 0.05) is 18.0 Å². The molecule has 4 heteroatoms. The standard InChI is InChI=1S/C15H22FNO2/c1-11(19-14-7-3-12(16)4-8-14)9-15(2,10-18)17-13-5-6-13/h3-4,7-8,11,13,17-18H,5-6,9-10H2,1-2H3. The Hall–Kier alpha value is -1.13. The molecular weight excluding hydrogens is 245 g/mol. The predicted octanol–water partition coefficient (Wildman–Crippen LogP) is 2.49. The summed E-state index contributed by atoms with van der Waals surface area (Å²) in [6, 6.07) is 6.55. The summed E-state index contributed by atoms with van der Waals surface area (Å²) < 4.78 is 18.6. The van der Waals surface area contributed by atoms with E-state index in [4.69, 9.17) is 4.74 Å². The lowest BCUT2D eigenvalue weighted by Crippen LogP contribution is -2.49. The Morgan fingerprint density at radius 2 is 2.05 bits per heavy atom. The minimum atomic E-state index is -0.319. The number of nitrogens with one attached hydrogen (secondary N) is 1. The Morgan fingerprint density at radius 3 is 2.58 bits per heavy atom. The van der Waals surface area contributed by atoms with Gasteiger partial charge in [-0.15, -0.1) is 0 Å². The van der Waals surface area contributed by atoms with Gasteiger partial charge < -0.3 is 15.2 Å². The highest BCUT2D eigenvalue weighted by atomic mass is 19.1. The summed E-state index contributed by atoms with van der Waals surface area (Å²) in [4.78, 5) is 0. The first kappa shape index (κ1) is 14.3. The summed E-state index contributed by atoms with van der Waals surface area (Å²) in [6.07, 6.45) is 3.03. The summed E-state index contributed by atoms with van der Waals surface area (Å²) in [5.41, 5.74) is -0.319. The van der Waals surface area contributed by atoms with Gasteiger partial charge in [-0.25, -0.2) is 4.39 Å². The molecule has 0 aliphatic heterocycles. The van der Waals surface area contributed by atoms with Gasteiger partial charge >= 0.3 is 0 Å². The van der Waals surface area contributed by atoms with Crippen molar-refractivity contribution in [1.29, 1.82) is 0 Å². The summed E-state index contributed by atoms with van der Waals surface area (Å²) in [6.45, 7) is 4.06. The van der Waals surface area contributed by atoms with Crippen molar-refractivity contribution in [3.63, 3.8) is 0 Å². The molecule has 0 radical (unpaired) electrons. The molecule has 0 amide bonds. The number of benzene rings is 1. The number of hydrogen-bond donors (Lipinski definition) is 2. The van der Waals surface area contributed by atoms with Gasteiger partial charge in [-0.3, -0.25) is 0 Å².